The molecule has 52 heavy (non-hydrogen) atoms. The van der Waals surface area contributed by atoms with Gasteiger partial charge in [0.05, 0.1) is 21.9 Å². The van der Waals surface area contributed by atoms with Crippen LogP contribution in [0.15, 0.2) is 102 Å². The predicted octanol–water partition coefficient (Wildman–Crippen LogP) is 6.64. The van der Waals surface area contributed by atoms with E-state index in [1.54, 1.807) is 24.3 Å². The lowest BCUT2D eigenvalue weighted by atomic mass is 9.93. The lowest BCUT2D eigenvalue weighted by molar-refractivity contribution is -0.116. The highest BCUT2D eigenvalue weighted by Crippen LogP contribution is 2.31. The largest absolute Gasteiger partial charge is 0.506 e. The van der Waals surface area contributed by atoms with Crippen molar-refractivity contribution in [3.63, 3.8) is 0 Å². The van der Waals surface area contributed by atoms with Crippen molar-refractivity contribution in [1.29, 1.82) is 0 Å². The molecule has 6 N–H and O–H groups in total. The van der Waals surface area contributed by atoms with Gasteiger partial charge in [-0.2, -0.15) is 0 Å². The van der Waals surface area contributed by atoms with Crippen molar-refractivity contribution in [3.8, 4) is 16.9 Å². The lowest BCUT2D eigenvalue weighted by Gasteiger charge is -2.38. The second-order valence-corrected chi connectivity index (χ2v) is 13.7. The maximum atomic E-state index is 12.9. The Balaban J connectivity index is 0.925. The molecule has 1 aliphatic heterocycles. The number of hydrogen-bond donors (Lipinski definition) is 6. The topological polar surface area (TPSA) is 156 Å². The molecule has 0 saturated carbocycles. The van der Waals surface area contributed by atoms with Crippen molar-refractivity contribution in [2.24, 2.45) is 0 Å². The highest BCUT2D eigenvalue weighted by atomic mass is 35.5. The zero-order chi connectivity index (χ0) is 36.7. The predicted molar refractivity (Wildman–Crippen MR) is 204 cm³/mol. The summed E-state index contributed by atoms with van der Waals surface area (Å²) >= 11 is 6.51. The molecule has 1 saturated heterocycles. The Morgan fingerprint density at radius 3 is 2.46 bits per heavy atom. The molecule has 0 spiro atoms. The number of piperidine rings is 1. The number of phenols is 1. The van der Waals surface area contributed by atoms with Gasteiger partial charge in [0, 0.05) is 56.0 Å². The van der Waals surface area contributed by atoms with Gasteiger partial charge in [-0.1, -0.05) is 72.3 Å². The van der Waals surface area contributed by atoms with Crippen LogP contribution in [0.4, 0.5) is 16.2 Å². The molecule has 12 heteroatoms. The summed E-state index contributed by atoms with van der Waals surface area (Å²) in [6.07, 6.45) is 0.413. The van der Waals surface area contributed by atoms with E-state index in [1.165, 1.54) is 12.1 Å². The first kappa shape index (κ1) is 36.6. The minimum Gasteiger partial charge on any atom is -0.506 e. The summed E-state index contributed by atoms with van der Waals surface area (Å²) in [7, 11) is 0. The first-order valence-electron chi connectivity index (χ1n) is 17.3. The van der Waals surface area contributed by atoms with Gasteiger partial charge in [-0.05, 0) is 66.8 Å². The van der Waals surface area contributed by atoms with Crippen molar-refractivity contribution in [2.45, 2.75) is 51.0 Å². The van der Waals surface area contributed by atoms with Gasteiger partial charge in [0.15, 0.2) is 0 Å². The molecule has 5 aromatic rings. The number of likely N-dealkylation sites (tertiary alicyclic amines) is 1. The summed E-state index contributed by atoms with van der Waals surface area (Å²) in [4.78, 5) is 42.3. The van der Waals surface area contributed by atoms with Crippen LogP contribution in [0.3, 0.4) is 0 Å². The number of aromatic amines is 1. The molecule has 0 radical (unpaired) electrons. The van der Waals surface area contributed by atoms with Crippen molar-refractivity contribution in [2.75, 3.05) is 30.3 Å². The molecule has 6 rings (SSSR count). The van der Waals surface area contributed by atoms with Crippen LogP contribution in [0.5, 0.6) is 5.75 Å². The summed E-state index contributed by atoms with van der Waals surface area (Å²) in [5, 5.41) is 30.7. The number of ether oxygens (including phenoxy) is 1. The third kappa shape index (κ3) is 9.36. The average molecular weight is 724 g/mol. The van der Waals surface area contributed by atoms with E-state index in [0.29, 0.717) is 66.3 Å². The standard InChI is InChI=1S/C40H42ClN5O6/c1-40(52-39(51)44-32-10-6-5-9-29(32)27-7-3-2-4-8-27)18-21-46(22-19-40)20-17-36(49)43-33-14-11-26(23-31(33)41)25-42-37(50)24-28-12-15-34(47)38-30(28)13-16-35(48)45-38/h2-16,23,37,42,47,50H,17-22,24-25H2,1H3,(H,43,49)(H,44,51)(H,45,48)/t37-/m1/s1. The number of H-pyrrole nitrogens is 1. The van der Waals surface area contributed by atoms with E-state index in [4.69, 9.17) is 16.3 Å². The molecule has 1 aromatic heterocycles. The van der Waals surface area contributed by atoms with Crippen molar-refractivity contribution < 1.29 is 24.5 Å². The summed E-state index contributed by atoms with van der Waals surface area (Å²) in [5.41, 5.74) is 4.07. The minimum absolute atomic E-state index is 0.0365. The van der Waals surface area contributed by atoms with Gasteiger partial charge in [-0.25, -0.2) is 4.79 Å². The van der Waals surface area contributed by atoms with Gasteiger partial charge in [-0.3, -0.25) is 20.2 Å². The van der Waals surface area contributed by atoms with Gasteiger partial charge in [0.1, 0.15) is 17.6 Å². The van der Waals surface area contributed by atoms with Crippen LogP contribution in [-0.2, 0) is 22.5 Å². The number of benzene rings is 4. The highest BCUT2D eigenvalue weighted by molar-refractivity contribution is 6.33. The number of phenolic OH excluding ortho intramolecular Hbond substituents is 1. The number of carbonyl (C=O) groups is 2. The molecule has 1 atom stereocenters. The van der Waals surface area contributed by atoms with Gasteiger partial charge in [0.2, 0.25) is 11.5 Å². The number of rotatable bonds is 12. The number of anilines is 2. The number of aromatic hydroxyl groups is 1. The first-order chi connectivity index (χ1) is 25.0. The van der Waals surface area contributed by atoms with Crippen LogP contribution in [-0.4, -0.2) is 63.6 Å². The molecule has 270 valence electrons. The number of aliphatic hydroxyl groups is 1. The molecule has 2 amide bonds. The Morgan fingerprint density at radius 2 is 1.69 bits per heavy atom. The summed E-state index contributed by atoms with van der Waals surface area (Å²) in [6, 6.07) is 29.0. The fraction of sp³-hybridized carbons (Fsp3) is 0.275. The Bertz CT molecular complexity index is 2100. The van der Waals surface area contributed by atoms with E-state index in [0.717, 1.165) is 22.3 Å². The van der Waals surface area contributed by atoms with Crippen molar-refractivity contribution >= 4 is 45.9 Å². The fourth-order valence-electron chi connectivity index (χ4n) is 6.41. The number of nitrogens with one attached hydrogen (secondary N) is 4. The number of hydrogen-bond acceptors (Lipinski definition) is 8. The van der Waals surface area contributed by atoms with Crippen LogP contribution in [0, 0.1) is 0 Å². The maximum absolute atomic E-state index is 12.9. The molecular weight excluding hydrogens is 682 g/mol. The number of nitrogens with zero attached hydrogens (tertiary/aromatic N) is 1. The molecule has 4 aromatic carbocycles. The van der Waals surface area contributed by atoms with E-state index in [1.807, 2.05) is 67.6 Å². The smallest absolute Gasteiger partial charge is 0.412 e. The van der Waals surface area contributed by atoms with E-state index in [9.17, 15) is 24.6 Å². The zero-order valence-corrected chi connectivity index (χ0v) is 29.6. The third-order valence-corrected chi connectivity index (χ3v) is 9.70. The average Bonchev–Trinajstić information content (AvgIpc) is 3.13. The number of para-hydroxylation sites is 1. The van der Waals surface area contributed by atoms with E-state index >= 15 is 0 Å². The van der Waals surface area contributed by atoms with Gasteiger partial charge >= 0.3 is 6.09 Å². The Morgan fingerprint density at radius 1 is 0.942 bits per heavy atom. The lowest BCUT2D eigenvalue weighted by Crippen LogP contribution is -2.46. The van der Waals surface area contributed by atoms with Crippen LogP contribution in [0.25, 0.3) is 22.0 Å². The number of carbonyl (C=O) groups excluding carboxylic acids is 2. The molecule has 2 heterocycles. The van der Waals surface area contributed by atoms with Crippen LogP contribution >= 0.6 is 11.6 Å². The van der Waals surface area contributed by atoms with Crippen molar-refractivity contribution in [3.05, 3.63) is 124 Å². The van der Waals surface area contributed by atoms with Crippen molar-refractivity contribution in [1.82, 2.24) is 15.2 Å². The number of fused-ring (bicyclic) bond motifs is 1. The highest BCUT2D eigenvalue weighted by Gasteiger charge is 2.34. The number of aromatic nitrogens is 1. The Hall–Kier alpha value is -5.20. The SMILES string of the molecule is CC1(OC(=O)Nc2ccccc2-c2ccccc2)CCN(CCC(=O)Nc2ccc(CN[C@H](O)Cc3ccc(O)c4[nH]c(=O)ccc34)cc2Cl)CC1. The summed E-state index contributed by atoms with van der Waals surface area (Å²) in [6.45, 7) is 4.21. The normalized spacial score (nSPS) is 14.8. The third-order valence-electron chi connectivity index (χ3n) is 9.38. The van der Waals surface area contributed by atoms with Crippen LogP contribution in [0.2, 0.25) is 5.02 Å². The van der Waals surface area contributed by atoms with E-state index in [2.05, 4.69) is 25.8 Å². The molecule has 1 fully saturated rings. The molecule has 0 bridgehead atoms. The van der Waals surface area contributed by atoms with Crippen LogP contribution < -0.4 is 21.5 Å². The molecule has 0 aliphatic carbocycles. The van der Waals surface area contributed by atoms with E-state index in [-0.39, 0.29) is 30.1 Å². The number of halogens is 1. The van der Waals surface area contributed by atoms with Gasteiger partial charge < -0.3 is 30.2 Å². The summed E-state index contributed by atoms with van der Waals surface area (Å²) < 4.78 is 5.92. The number of pyridine rings is 1. The quantitative estimate of drug-likeness (QED) is 0.0784. The van der Waals surface area contributed by atoms with E-state index < -0.39 is 17.9 Å². The Labute approximate surface area is 306 Å². The first-order valence-corrected chi connectivity index (χ1v) is 17.6. The molecular formula is C40H42ClN5O6. The van der Waals surface area contributed by atoms with Crippen LogP contribution in [0.1, 0.15) is 37.3 Å². The second kappa shape index (κ2) is 16.4. The molecule has 11 nitrogen and oxygen atoms in total. The molecule has 0 unspecified atom stereocenters. The monoisotopic (exact) mass is 723 g/mol. The molecule has 1 aliphatic rings. The maximum Gasteiger partial charge on any atom is 0.412 e. The van der Waals surface area contributed by atoms with Gasteiger partial charge in [0.25, 0.3) is 0 Å². The Kier molecular flexibility index (Phi) is 11.6. The second-order valence-electron chi connectivity index (χ2n) is 13.3. The fourth-order valence-corrected chi connectivity index (χ4v) is 6.66. The minimum atomic E-state index is -0.906. The number of aliphatic hydroxyl groups excluding tert-OH is 1. The number of amides is 2. The van der Waals surface area contributed by atoms with Gasteiger partial charge in [-0.15, -0.1) is 0 Å². The zero-order valence-electron chi connectivity index (χ0n) is 28.8. The summed E-state index contributed by atoms with van der Waals surface area (Å²) in [5.74, 6) is -0.197.